The minimum atomic E-state index is -0.454. The summed E-state index contributed by atoms with van der Waals surface area (Å²) >= 11 is 0. The topological polar surface area (TPSA) is 61.4 Å². The molecular formula is C13H20N2O2. The Morgan fingerprint density at radius 2 is 1.88 bits per heavy atom. The molecule has 4 nitrogen and oxygen atoms in total. The number of anilines is 1. The van der Waals surface area contributed by atoms with Gasteiger partial charge in [-0.25, -0.2) is 0 Å². The molecule has 1 rings (SSSR count). The van der Waals surface area contributed by atoms with Gasteiger partial charge < -0.3 is 15.7 Å². The lowest BCUT2D eigenvalue weighted by molar-refractivity contribution is -0.117. The minimum Gasteiger partial charge on any atom is -0.392 e. The van der Waals surface area contributed by atoms with E-state index in [1.807, 2.05) is 31.2 Å². The third kappa shape index (κ3) is 4.97. The predicted molar refractivity (Wildman–Crippen MR) is 69.0 cm³/mol. The molecule has 2 atom stereocenters. The standard InChI is InChI=1S/C13H20N2O2/c1-9-4-6-12(7-5-9)15-13(17)11(3)14-8-10(2)16/h4-7,10-11,14,16H,8H2,1-3H3,(H,15,17)/t10-,11+/m1/s1. The van der Waals surface area contributed by atoms with Crippen LogP contribution in [0.4, 0.5) is 5.69 Å². The van der Waals surface area contributed by atoms with Crippen molar-refractivity contribution in [1.82, 2.24) is 5.32 Å². The van der Waals surface area contributed by atoms with Crippen LogP contribution in [0.3, 0.4) is 0 Å². The van der Waals surface area contributed by atoms with Gasteiger partial charge in [0, 0.05) is 12.2 Å². The fraction of sp³-hybridized carbons (Fsp3) is 0.462. The second-order valence-corrected chi connectivity index (χ2v) is 4.33. The number of hydrogen-bond donors (Lipinski definition) is 3. The normalized spacial score (nSPS) is 14.1. The maximum Gasteiger partial charge on any atom is 0.241 e. The van der Waals surface area contributed by atoms with E-state index in [4.69, 9.17) is 5.11 Å². The molecule has 0 heterocycles. The molecule has 0 aliphatic heterocycles. The minimum absolute atomic E-state index is 0.102. The quantitative estimate of drug-likeness (QED) is 0.722. The zero-order chi connectivity index (χ0) is 12.8. The molecule has 17 heavy (non-hydrogen) atoms. The monoisotopic (exact) mass is 236 g/mol. The Hall–Kier alpha value is -1.39. The zero-order valence-electron chi connectivity index (χ0n) is 10.5. The van der Waals surface area contributed by atoms with Gasteiger partial charge in [-0.3, -0.25) is 4.79 Å². The van der Waals surface area contributed by atoms with E-state index in [0.717, 1.165) is 11.3 Å². The molecule has 0 bridgehead atoms. The molecule has 0 unspecified atom stereocenters. The molecule has 0 spiro atoms. The Labute approximate surface area is 102 Å². The van der Waals surface area contributed by atoms with Crippen molar-refractivity contribution < 1.29 is 9.90 Å². The van der Waals surface area contributed by atoms with Crippen LogP contribution in [0.2, 0.25) is 0 Å². The zero-order valence-corrected chi connectivity index (χ0v) is 10.5. The summed E-state index contributed by atoms with van der Waals surface area (Å²) in [5.74, 6) is -0.102. The lowest BCUT2D eigenvalue weighted by Gasteiger charge is -2.15. The molecule has 4 heteroatoms. The molecule has 1 aromatic rings. The van der Waals surface area contributed by atoms with E-state index in [9.17, 15) is 4.79 Å². The van der Waals surface area contributed by atoms with Crippen LogP contribution < -0.4 is 10.6 Å². The van der Waals surface area contributed by atoms with Crippen LogP contribution in [0.25, 0.3) is 0 Å². The van der Waals surface area contributed by atoms with E-state index >= 15 is 0 Å². The van der Waals surface area contributed by atoms with Crippen molar-refractivity contribution in [2.45, 2.75) is 32.9 Å². The average molecular weight is 236 g/mol. The Balaban J connectivity index is 2.45. The van der Waals surface area contributed by atoms with Gasteiger partial charge in [0.15, 0.2) is 0 Å². The Kier molecular flexibility index (Phi) is 5.12. The van der Waals surface area contributed by atoms with Crippen LogP contribution >= 0.6 is 0 Å². The molecule has 0 aliphatic carbocycles. The Bertz CT molecular complexity index is 360. The van der Waals surface area contributed by atoms with Crippen LogP contribution in [0.1, 0.15) is 19.4 Å². The van der Waals surface area contributed by atoms with Crippen molar-refractivity contribution in [2.75, 3.05) is 11.9 Å². The summed E-state index contributed by atoms with van der Waals surface area (Å²) in [4.78, 5) is 11.8. The Morgan fingerprint density at radius 3 is 2.41 bits per heavy atom. The van der Waals surface area contributed by atoms with E-state index in [1.165, 1.54) is 0 Å². The predicted octanol–water partition coefficient (Wildman–Crippen LogP) is 1.29. The molecule has 0 saturated carbocycles. The third-order valence-electron chi connectivity index (χ3n) is 2.43. The number of carbonyl (C=O) groups excluding carboxylic acids is 1. The van der Waals surface area contributed by atoms with Gasteiger partial charge in [0.2, 0.25) is 5.91 Å². The van der Waals surface area contributed by atoms with E-state index < -0.39 is 6.10 Å². The van der Waals surface area contributed by atoms with E-state index in [-0.39, 0.29) is 11.9 Å². The summed E-state index contributed by atoms with van der Waals surface area (Å²) < 4.78 is 0. The maximum absolute atomic E-state index is 11.8. The van der Waals surface area contributed by atoms with Gasteiger partial charge in [0.1, 0.15) is 0 Å². The third-order valence-corrected chi connectivity index (χ3v) is 2.43. The number of aliphatic hydroxyl groups is 1. The van der Waals surface area contributed by atoms with Crippen LogP contribution in [0.15, 0.2) is 24.3 Å². The summed E-state index contributed by atoms with van der Waals surface area (Å²) in [5, 5.41) is 14.9. The lowest BCUT2D eigenvalue weighted by atomic mass is 10.2. The van der Waals surface area contributed by atoms with Gasteiger partial charge in [-0.1, -0.05) is 17.7 Å². The number of carbonyl (C=O) groups is 1. The number of hydrogen-bond acceptors (Lipinski definition) is 3. The lowest BCUT2D eigenvalue weighted by Crippen LogP contribution is -2.41. The fourth-order valence-corrected chi connectivity index (χ4v) is 1.33. The number of aryl methyl sites for hydroxylation is 1. The average Bonchev–Trinajstić information content (AvgIpc) is 2.28. The van der Waals surface area contributed by atoms with Crippen molar-refractivity contribution in [1.29, 1.82) is 0 Å². The molecule has 1 amide bonds. The smallest absolute Gasteiger partial charge is 0.241 e. The molecule has 94 valence electrons. The highest BCUT2D eigenvalue weighted by Gasteiger charge is 2.12. The highest BCUT2D eigenvalue weighted by Crippen LogP contribution is 2.08. The summed E-state index contributed by atoms with van der Waals surface area (Å²) in [7, 11) is 0. The van der Waals surface area contributed by atoms with Crippen LogP contribution in [0, 0.1) is 6.92 Å². The van der Waals surface area contributed by atoms with Gasteiger partial charge in [-0.05, 0) is 32.9 Å². The number of benzene rings is 1. The number of nitrogens with one attached hydrogen (secondary N) is 2. The van der Waals surface area contributed by atoms with Crippen molar-refractivity contribution in [3.05, 3.63) is 29.8 Å². The van der Waals surface area contributed by atoms with Crippen molar-refractivity contribution >= 4 is 11.6 Å². The van der Waals surface area contributed by atoms with Crippen molar-refractivity contribution in [3.8, 4) is 0 Å². The molecule has 3 N–H and O–H groups in total. The first-order chi connectivity index (χ1) is 7.99. The summed E-state index contributed by atoms with van der Waals surface area (Å²) in [5.41, 5.74) is 1.94. The van der Waals surface area contributed by atoms with E-state index in [2.05, 4.69) is 10.6 Å². The van der Waals surface area contributed by atoms with Gasteiger partial charge in [-0.15, -0.1) is 0 Å². The molecule has 0 fully saturated rings. The summed E-state index contributed by atoms with van der Waals surface area (Å²) in [6, 6.07) is 7.31. The van der Waals surface area contributed by atoms with Crippen molar-refractivity contribution in [3.63, 3.8) is 0 Å². The van der Waals surface area contributed by atoms with E-state index in [0.29, 0.717) is 6.54 Å². The molecule has 1 aromatic carbocycles. The van der Waals surface area contributed by atoms with Crippen LogP contribution in [-0.4, -0.2) is 29.7 Å². The fourth-order valence-electron chi connectivity index (χ4n) is 1.33. The largest absolute Gasteiger partial charge is 0.392 e. The maximum atomic E-state index is 11.8. The molecule has 0 aromatic heterocycles. The van der Waals surface area contributed by atoms with Crippen LogP contribution in [-0.2, 0) is 4.79 Å². The summed E-state index contributed by atoms with van der Waals surface area (Å²) in [6.45, 7) is 5.85. The summed E-state index contributed by atoms with van der Waals surface area (Å²) in [6.07, 6.45) is -0.454. The van der Waals surface area contributed by atoms with Gasteiger partial charge >= 0.3 is 0 Å². The van der Waals surface area contributed by atoms with Gasteiger partial charge in [0.25, 0.3) is 0 Å². The highest BCUT2D eigenvalue weighted by molar-refractivity contribution is 5.94. The molecular weight excluding hydrogens is 216 g/mol. The van der Waals surface area contributed by atoms with Crippen LogP contribution in [0.5, 0.6) is 0 Å². The van der Waals surface area contributed by atoms with Gasteiger partial charge in [0.05, 0.1) is 12.1 Å². The first-order valence-electron chi connectivity index (χ1n) is 5.78. The second-order valence-electron chi connectivity index (χ2n) is 4.33. The Morgan fingerprint density at radius 1 is 1.29 bits per heavy atom. The number of aliphatic hydroxyl groups excluding tert-OH is 1. The second kappa shape index (κ2) is 6.37. The van der Waals surface area contributed by atoms with E-state index in [1.54, 1.807) is 13.8 Å². The number of rotatable bonds is 5. The highest BCUT2D eigenvalue weighted by atomic mass is 16.3. The molecule has 0 aliphatic rings. The SMILES string of the molecule is Cc1ccc(NC(=O)[C@H](C)NC[C@@H](C)O)cc1. The van der Waals surface area contributed by atoms with Crippen molar-refractivity contribution in [2.24, 2.45) is 0 Å². The molecule has 0 saturated heterocycles. The first-order valence-corrected chi connectivity index (χ1v) is 5.78. The van der Waals surface area contributed by atoms with Gasteiger partial charge in [-0.2, -0.15) is 0 Å². The molecule has 0 radical (unpaired) electrons. The number of amides is 1. The first kappa shape index (κ1) is 13.7.